The predicted octanol–water partition coefficient (Wildman–Crippen LogP) is 2.33. The fraction of sp³-hybridized carbons (Fsp3) is 0.467. The molecule has 0 amide bonds. The van der Waals surface area contributed by atoms with Crippen molar-refractivity contribution < 1.29 is 0 Å². The van der Waals surface area contributed by atoms with Crippen molar-refractivity contribution in [1.29, 1.82) is 0 Å². The molecule has 4 nitrogen and oxygen atoms in total. The maximum absolute atomic E-state index is 4.59. The molecule has 2 aromatic heterocycles. The third-order valence-corrected chi connectivity index (χ3v) is 3.55. The molecule has 0 saturated carbocycles. The molecule has 0 aliphatic carbocycles. The van der Waals surface area contributed by atoms with Crippen LogP contribution in [0.5, 0.6) is 0 Å². The van der Waals surface area contributed by atoms with Gasteiger partial charge in [0, 0.05) is 31.2 Å². The Morgan fingerprint density at radius 1 is 1.37 bits per heavy atom. The van der Waals surface area contributed by atoms with Gasteiger partial charge in [0.15, 0.2) is 0 Å². The largest absolute Gasteiger partial charge is 0.312 e. The van der Waals surface area contributed by atoms with Crippen molar-refractivity contribution in [2.24, 2.45) is 7.05 Å². The van der Waals surface area contributed by atoms with Crippen molar-refractivity contribution in [1.82, 2.24) is 20.1 Å². The molecular weight excluding hydrogens is 236 g/mol. The highest BCUT2D eigenvalue weighted by Crippen LogP contribution is 2.20. The standard InChI is InChI=1S/C15H22N4/c1-11-9-12(2)15(17-10-11)14(16-3)6-5-13-7-8-18-19(13)4/h7-10,14,16H,5-6H2,1-4H3. The minimum Gasteiger partial charge on any atom is -0.312 e. The molecule has 0 aliphatic heterocycles. The SMILES string of the molecule is CNC(CCc1ccnn1C)c1ncc(C)cc1C. The Kier molecular flexibility index (Phi) is 4.32. The first kappa shape index (κ1) is 13.7. The van der Waals surface area contributed by atoms with E-state index in [1.54, 1.807) is 0 Å². The number of nitrogens with one attached hydrogen (secondary N) is 1. The summed E-state index contributed by atoms with van der Waals surface area (Å²) in [4.78, 5) is 4.59. The van der Waals surface area contributed by atoms with E-state index in [0.29, 0.717) is 0 Å². The van der Waals surface area contributed by atoms with E-state index in [1.807, 2.05) is 31.2 Å². The summed E-state index contributed by atoms with van der Waals surface area (Å²) >= 11 is 0. The summed E-state index contributed by atoms with van der Waals surface area (Å²) < 4.78 is 1.93. The van der Waals surface area contributed by atoms with Crippen LogP contribution in [0.3, 0.4) is 0 Å². The van der Waals surface area contributed by atoms with E-state index < -0.39 is 0 Å². The van der Waals surface area contributed by atoms with Crippen molar-refractivity contribution in [3.63, 3.8) is 0 Å². The quantitative estimate of drug-likeness (QED) is 0.895. The van der Waals surface area contributed by atoms with Gasteiger partial charge in [0.2, 0.25) is 0 Å². The Labute approximate surface area is 114 Å². The molecule has 0 aromatic carbocycles. The van der Waals surface area contributed by atoms with Crippen LogP contribution >= 0.6 is 0 Å². The molecule has 0 saturated heterocycles. The smallest absolute Gasteiger partial charge is 0.0602 e. The van der Waals surface area contributed by atoms with E-state index in [1.165, 1.54) is 16.8 Å². The van der Waals surface area contributed by atoms with Gasteiger partial charge in [0.25, 0.3) is 0 Å². The van der Waals surface area contributed by atoms with Gasteiger partial charge >= 0.3 is 0 Å². The molecule has 2 aromatic rings. The van der Waals surface area contributed by atoms with Gasteiger partial charge in [-0.3, -0.25) is 9.67 Å². The summed E-state index contributed by atoms with van der Waals surface area (Å²) in [5.74, 6) is 0. The van der Waals surface area contributed by atoms with E-state index >= 15 is 0 Å². The molecule has 2 rings (SSSR count). The fourth-order valence-corrected chi connectivity index (χ4v) is 2.45. The minimum absolute atomic E-state index is 0.287. The fourth-order valence-electron chi connectivity index (χ4n) is 2.45. The molecule has 4 heteroatoms. The first-order chi connectivity index (χ1) is 9.11. The van der Waals surface area contributed by atoms with Crippen LogP contribution in [0.15, 0.2) is 24.5 Å². The topological polar surface area (TPSA) is 42.7 Å². The van der Waals surface area contributed by atoms with Crippen LogP contribution in [0.25, 0.3) is 0 Å². The van der Waals surface area contributed by atoms with Gasteiger partial charge in [-0.2, -0.15) is 5.10 Å². The minimum atomic E-state index is 0.287. The molecule has 1 atom stereocenters. The molecule has 1 N–H and O–H groups in total. The Morgan fingerprint density at radius 3 is 2.74 bits per heavy atom. The second kappa shape index (κ2) is 5.97. The summed E-state index contributed by atoms with van der Waals surface area (Å²) in [5.41, 5.74) is 4.87. The first-order valence-electron chi connectivity index (χ1n) is 6.69. The molecule has 0 bridgehead atoms. The maximum Gasteiger partial charge on any atom is 0.0602 e. The Morgan fingerprint density at radius 2 is 2.16 bits per heavy atom. The summed E-state index contributed by atoms with van der Waals surface area (Å²) in [7, 11) is 3.98. The molecule has 0 spiro atoms. The lowest BCUT2D eigenvalue weighted by Gasteiger charge is -2.18. The number of hydrogen-bond donors (Lipinski definition) is 1. The predicted molar refractivity (Wildman–Crippen MR) is 77.0 cm³/mol. The van der Waals surface area contributed by atoms with Gasteiger partial charge in [-0.05, 0) is 50.9 Å². The van der Waals surface area contributed by atoms with Gasteiger partial charge in [-0.25, -0.2) is 0 Å². The highest BCUT2D eigenvalue weighted by Gasteiger charge is 2.14. The van der Waals surface area contributed by atoms with Crippen LogP contribution in [0.1, 0.15) is 35.0 Å². The third kappa shape index (κ3) is 3.20. The number of pyridine rings is 1. The first-order valence-corrected chi connectivity index (χ1v) is 6.69. The van der Waals surface area contributed by atoms with Crippen molar-refractivity contribution in [3.8, 4) is 0 Å². The molecule has 0 aliphatic rings. The zero-order valence-electron chi connectivity index (χ0n) is 12.1. The number of aromatic nitrogens is 3. The maximum atomic E-state index is 4.59. The van der Waals surface area contributed by atoms with Crippen LogP contribution in [-0.2, 0) is 13.5 Å². The average molecular weight is 258 g/mol. The van der Waals surface area contributed by atoms with E-state index in [2.05, 4.69) is 41.4 Å². The second-order valence-corrected chi connectivity index (χ2v) is 5.04. The number of nitrogens with zero attached hydrogens (tertiary/aromatic N) is 3. The zero-order chi connectivity index (χ0) is 13.8. The molecule has 102 valence electrons. The van der Waals surface area contributed by atoms with Crippen LogP contribution in [-0.4, -0.2) is 21.8 Å². The molecular formula is C15H22N4. The number of aryl methyl sites for hydroxylation is 4. The summed E-state index contributed by atoms with van der Waals surface area (Å²) in [6.07, 6.45) is 5.81. The van der Waals surface area contributed by atoms with Crippen LogP contribution < -0.4 is 5.32 Å². The number of rotatable bonds is 5. The molecule has 19 heavy (non-hydrogen) atoms. The molecule has 2 heterocycles. The van der Waals surface area contributed by atoms with Gasteiger partial charge in [-0.1, -0.05) is 6.07 Å². The van der Waals surface area contributed by atoms with E-state index in [9.17, 15) is 0 Å². The van der Waals surface area contributed by atoms with Crippen LogP contribution in [0, 0.1) is 13.8 Å². The molecule has 1 unspecified atom stereocenters. The highest BCUT2D eigenvalue weighted by molar-refractivity contribution is 5.25. The lowest BCUT2D eigenvalue weighted by molar-refractivity contribution is 0.521. The van der Waals surface area contributed by atoms with Gasteiger partial charge < -0.3 is 5.32 Å². The monoisotopic (exact) mass is 258 g/mol. The molecule has 0 radical (unpaired) electrons. The van der Waals surface area contributed by atoms with Crippen molar-refractivity contribution >= 4 is 0 Å². The van der Waals surface area contributed by atoms with Gasteiger partial charge in [0.1, 0.15) is 0 Å². The van der Waals surface area contributed by atoms with Gasteiger partial charge in [-0.15, -0.1) is 0 Å². The Balaban J connectivity index is 2.10. The second-order valence-electron chi connectivity index (χ2n) is 5.04. The Hall–Kier alpha value is -1.68. The van der Waals surface area contributed by atoms with E-state index in [4.69, 9.17) is 0 Å². The highest BCUT2D eigenvalue weighted by atomic mass is 15.2. The number of hydrogen-bond acceptors (Lipinski definition) is 3. The average Bonchev–Trinajstić information content (AvgIpc) is 2.78. The Bertz CT molecular complexity index is 545. The van der Waals surface area contributed by atoms with Crippen molar-refractivity contribution in [3.05, 3.63) is 47.0 Å². The lowest BCUT2D eigenvalue weighted by Crippen LogP contribution is -2.20. The molecule has 0 fully saturated rings. The summed E-state index contributed by atoms with van der Waals surface area (Å²) in [6, 6.07) is 4.55. The third-order valence-electron chi connectivity index (χ3n) is 3.55. The summed E-state index contributed by atoms with van der Waals surface area (Å²) in [5, 5.41) is 7.57. The zero-order valence-corrected chi connectivity index (χ0v) is 12.1. The van der Waals surface area contributed by atoms with E-state index in [-0.39, 0.29) is 6.04 Å². The summed E-state index contributed by atoms with van der Waals surface area (Å²) in [6.45, 7) is 4.21. The van der Waals surface area contributed by atoms with Crippen LogP contribution in [0.2, 0.25) is 0 Å². The van der Waals surface area contributed by atoms with Gasteiger partial charge in [0.05, 0.1) is 5.69 Å². The lowest BCUT2D eigenvalue weighted by atomic mass is 10.0. The normalized spacial score (nSPS) is 12.6. The van der Waals surface area contributed by atoms with E-state index in [0.717, 1.165) is 18.5 Å². The van der Waals surface area contributed by atoms with Crippen molar-refractivity contribution in [2.45, 2.75) is 32.7 Å². The van der Waals surface area contributed by atoms with Crippen LogP contribution in [0.4, 0.5) is 0 Å². The van der Waals surface area contributed by atoms with Crippen molar-refractivity contribution in [2.75, 3.05) is 7.05 Å².